The van der Waals surface area contributed by atoms with Crippen LogP contribution in [0, 0.1) is 11.8 Å². The van der Waals surface area contributed by atoms with Crippen LogP contribution in [-0.4, -0.2) is 42.9 Å². The Morgan fingerprint density at radius 1 is 1.60 bits per heavy atom. The molecule has 2 atom stereocenters. The van der Waals surface area contributed by atoms with Crippen LogP contribution in [0.1, 0.15) is 23.7 Å². The second kappa shape index (κ2) is 6.41. The Balaban J connectivity index is 2.19. The highest BCUT2D eigenvalue weighted by Crippen LogP contribution is 2.38. The van der Waals surface area contributed by atoms with E-state index in [-0.39, 0.29) is 10.7 Å². The van der Waals surface area contributed by atoms with Crippen LogP contribution in [0.2, 0.25) is 5.15 Å². The Bertz CT molecular complexity index is 495. The van der Waals surface area contributed by atoms with Crippen molar-refractivity contribution in [1.82, 2.24) is 4.98 Å². The number of ether oxygens (including phenoxy) is 1. The fraction of sp³-hybridized carbons (Fsp3) is 0.571. The van der Waals surface area contributed by atoms with Crippen molar-refractivity contribution in [3.63, 3.8) is 0 Å². The van der Waals surface area contributed by atoms with Crippen molar-refractivity contribution in [2.24, 2.45) is 11.8 Å². The van der Waals surface area contributed by atoms with Gasteiger partial charge in [-0.25, -0.2) is 9.78 Å². The van der Waals surface area contributed by atoms with E-state index in [4.69, 9.17) is 21.4 Å². The van der Waals surface area contributed by atoms with Gasteiger partial charge in [-0.1, -0.05) is 18.5 Å². The number of aromatic nitrogens is 1. The molecule has 0 amide bonds. The number of methoxy groups -OCH3 is 1. The molecule has 110 valence electrons. The summed E-state index contributed by atoms with van der Waals surface area (Å²) in [4.78, 5) is 17.4. The van der Waals surface area contributed by atoms with Crippen molar-refractivity contribution in [2.75, 3.05) is 31.7 Å². The summed E-state index contributed by atoms with van der Waals surface area (Å²) in [6, 6.07) is 2.93. The standard InChI is InChI=1S/C14H19ClN2O3/c1-9-5-11(9)8-17(3-4-20-2)13-7-10(14(18)19)6-12(15)16-13/h6-7,9,11H,3-5,8H2,1-2H3,(H,18,19)/t9-,11+/m1/s1. The number of hydrogen-bond acceptors (Lipinski definition) is 4. The van der Waals surface area contributed by atoms with Gasteiger partial charge in [-0.15, -0.1) is 0 Å². The minimum absolute atomic E-state index is 0.159. The molecular weight excluding hydrogens is 280 g/mol. The Labute approximate surface area is 123 Å². The number of halogens is 1. The molecule has 0 spiro atoms. The van der Waals surface area contributed by atoms with E-state index in [0.29, 0.717) is 24.9 Å². The summed E-state index contributed by atoms with van der Waals surface area (Å²) in [6.45, 7) is 4.31. The molecule has 20 heavy (non-hydrogen) atoms. The van der Waals surface area contributed by atoms with E-state index in [0.717, 1.165) is 12.5 Å². The lowest BCUT2D eigenvalue weighted by Gasteiger charge is -2.24. The summed E-state index contributed by atoms with van der Waals surface area (Å²) in [5.41, 5.74) is 0.159. The van der Waals surface area contributed by atoms with Crippen LogP contribution in [0.25, 0.3) is 0 Å². The predicted molar refractivity (Wildman–Crippen MR) is 77.6 cm³/mol. The van der Waals surface area contributed by atoms with Gasteiger partial charge >= 0.3 is 5.97 Å². The average molecular weight is 299 g/mol. The Hall–Kier alpha value is -1.33. The van der Waals surface area contributed by atoms with Crippen molar-refractivity contribution in [3.8, 4) is 0 Å². The highest BCUT2D eigenvalue weighted by atomic mass is 35.5. The number of carboxylic acid groups (broad SMARTS) is 1. The largest absolute Gasteiger partial charge is 0.478 e. The first-order valence-corrected chi connectivity index (χ1v) is 7.04. The third kappa shape index (κ3) is 3.84. The van der Waals surface area contributed by atoms with Gasteiger partial charge in [0.05, 0.1) is 12.2 Å². The predicted octanol–water partition coefficient (Wildman–Crippen LogP) is 2.54. The van der Waals surface area contributed by atoms with E-state index < -0.39 is 5.97 Å². The van der Waals surface area contributed by atoms with Crippen LogP contribution in [0.5, 0.6) is 0 Å². The molecule has 0 radical (unpaired) electrons. The van der Waals surface area contributed by atoms with Crippen LogP contribution in [-0.2, 0) is 4.74 Å². The summed E-state index contributed by atoms with van der Waals surface area (Å²) in [6.07, 6.45) is 1.20. The molecule has 0 saturated heterocycles. The van der Waals surface area contributed by atoms with Gasteiger partial charge in [0.15, 0.2) is 0 Å². The molecule has 1 aliphatic carbocycles. The maximum absolute atomic E-state index is 11.1. The van der Waals surface area contributed by atoms with Crippen molar-refractivity contribution in [2.45, 2.75) is 13.3 Å². The minimum Gasteiger partial charge on any atom is -0.478 e. The fourth-order valence-electron chi connectivity index (χ4n) is 2.21. The molecule has 1 fully saturated rings. The molecule has 5 nitrogen and oxygen atoms in total. The molecule has 0 aromatic carbocycles. The van der Waals surface area contributed by atoms with E-state index in [1.165, 1.54) is 12.5 Å². The van der Waals surface area contributed by atoms with Gasteiger partial charge in [0.2, 0.25) is 0 Å². The number of pyridine rings is 1. The zero-order chi connectivity index (χ0) is 14.7. The van der Waals surface area contributed by atoms with Gasteiger partial charge in [0, 0.05) is 20.2 Å². The van der Waals surface area contributed by atoms with E-state index in [9.17, 15) is 4.79 Å². The maximum atomic E-state index is 11.1. The van der Waals surface area contributed by atoms with Crippen molar-refractivity contribution in [1.29, 1.82) is 0 Å². The quantitative estimate of drug-likeness (QED) is 0.784. The normalized spacial score (nSPS) is 20.8. The third-order valence-electron chi connectivity index (χ3n) is 3.65. The molecule has 0 unspecified atom stereocenters. The Kier molecular flexibility index (Phi) is 4.83. The molecule has 1 aromatic rings. The molecular formula is C14H19ClN2O3. The maximum Gasteiger partial charge on any atom is 0.335 e. The van der Waals surface area contributed by atoms with E-state index in [2.05, 4.69) is 16.8 Å². The molecule has 1 aromatic heterocycles. The van der Waals surface area contributed by atoms with Crippen LogP contribution in [0.15, 0.2) is 12.1 Å². The monoisotopic (exact) mass is 298 g/mol. The van der Waals surface area contributed by atoms with E-state index in [1.54, 1.807) is 13.2 Å². The molecule has 2 rings (SSSR count). The van der Waals surface area contributed by atoms with Crippen molar-refractivity contribution in [3.05, 3.63) is 22.8 Å². The highest BCUT2D eigenvalue weighted by Gasteiger charge is 2.34. The zero-order valence-corrected chi connectivity index (χ0v) is 12.4. The molecule has 1 N–H and O–H groups in total. The molecule has 1 saturated carbocycles. The molecule has 0 aliphatic heterocycles. The van der Waals surface area contributed by atoms with Crippen molar-refractivity contribution >= 4 is 23.4 Å². The van der Waals surface area contributed by atoms with Gasteiger partial charge in [-0.05, 0) is 30.4 Å². The highest BCUT2D eigenvalue weighted by molar-refractivity contribution is 6.29. The van der Waals surface area contributed by atoms with Gasteiger partial charge < -0.3 is 14.7 Å². The first-order chi connectivity index (χ1) is 9.51. The van der Waals surface area contributed by atoms with E-state index >= 15 is 0 Å². The van der Waals surface area contributed by atoms with E-state index in [1.807, 2.05) is 0 Å². The lowest BCUT2D eigenvalue weighted by molar-refractivity contribution is 0.0697. The lowest BCUT2D eigenvalue weighted by atomic mass is 10.2. The fourth-order valence-corrected chi connectivity index (χ4v) is 2.41. The van der Waals surface area contributed by atoms with Crippen LogP contribution in [0.3, 0.4) is 0 Å². The summed E-state index contributed by atoms with van der Waals surface area (Å²) < 4.78 is 5.11. The second-order valence-corrected chi connectivity index (χ2v) is 5.64. The van der Waals surface area contributed by atoms with Gasteiger partial charge in [0.1, 0.15) is 11.0 Å². The zero-order valence-electron chi connectivity index (χ0n) is 11.7. The summed E-state index contributed by atoms with van der Waals surface area (Å²) >= 11 is 5.92. The summed E-state index contributed by atoms with van der Waals surface area (Å²) in [5, 5.41) is 9.30. The summed E-state index contributed by atoms with van der Waals surface area (Å²) in [7, 11) is 1.64. The first kappa shape index (κ1) is 15.1. The van der Waals surface area contributed by atoms with Gasteiger partial charge in [-0.2, -0.15) is 0 Å². The SMILES string of the molecule is COCCN(C[C@@H]1C[C@H]1C)c1cc(C(=O)O)cc(Cl)n1. The molecule has 6 heteroatoms. The van der Waals surface area contributed by atoms with Crippen LogP contribution < -0.4 is 4.90 Å². The Morgan fingerprint density at radius 3 is 2.85 bits per heavy atom. The average Bonchev–Trinajstić information content (AvgIpc) is 3.09. The number of carbonyl (C=O) groups is 1. The van der Waals surface area contributed by atoms with Crippen LogP contribution in [0.4, 0.5) is 5.82 Å². The number of hydrogen-bond donors (Lipinski definition) is 1. The lowest BCUT2D eigenvalue weighted by Crippen LogP contribution is -2.30. The Morgan fingerprint density at radius 2 is 2.30 bits per heavy atom. The minimum atomic E-state index is -0.998. The number of carboxylic acids is 1. The molecule has 0 bridgehead atoms. The van der Waals surface area contributed by atoms with Crippen molar-refractivity contribution < 1.29 is 14.6 Å². The number of aromatic carboxylic acids is 1. The number of nitrogens with zero attached hydrogens (tertiary/aromatic N) is 2. The van der Waals surface area contributed by atoms with Crippen LogP contribution >= 0.6 is 11.6 Å². The van der Waals surface area contributed by atoms with Gasteiger partial charge in [0.25, 0.3) is 0 Å². The third-order valence-corrected chi connectivity index (χ3v) is 3.84. The number of anilines is 1. The first-order valence-electron chi connectivity index (χ1n) is 6.66. The molecule has 1 aliphatic rings. The second-order valence-electron chi connectivity index (χ2n) is 5.25. The summed E-state index contributed by atoms with van der Waals surface area (Å²) in [5.74, 6) is 0.965. The van der Waals surface area contributed by atoms with Gasteiger partial charge in [-0.3, -0.25) is 0 Å². The topological polar surface area (TPSA) is 62.7 Å². The smallest absolute Gasteiger partial charge is 0.335 e. The number of rotatable bonds is 7. The molecule has 1 heterocycles.